The van der Waals surface area contributed by atoms with E-state index >= 15 is 0 Å². The largest absolute Gasteiger partial charge is 2.00 e. The molecular weight excluding hydrogens is 199 g/mol. The van der Waals surface area contributed by atoms with Gasteiger partial charge in [-0.2, -0.15) is 0 Å². The van der Waals surface area contributed by atoms with E-state index in [0.29, 0.717) is 12.0 Å². The molecule has 1 aromatic rings. The summed E-state index contributed by atoms with van der Waals surface area (Å²) in [5, 5.41) is 21.9. The Morgan fingerprint density at radius 3 is 2.33 bits per heavy atom. The molecule has 0 bridgehead atoms. The van der Waals surface area contributed by atoms with E-state index in [2.05, 4.69) is 0 Å². The molecule has 3 heteroatoms. The summed E-state index contributed by atoms with van der Waals surface area (Å²) < 4.78 is 0. The second-order valence-corrected chi connectivity index (χ2v) is 2.60. The first-order chi connectivity index (χ1) is 5.15. The summed E-state index contributed by atoms with van der Waals surface area (Å²) >= 11 is 0. The monoisotopic (exact) mass is 208 g/mol. The van der Waals surface area contributed by atoms with Crippen molar-refractivity contribution < 1.29 is 26.7 Å². The van der Waals surface area contributed by atoms with E-state index in [-0.39, 0.29) is 28.0 Å². The Morgan fingerprint density at radius 1 is 1.25 bits per heavy atom. The molecule has 2 nitrogen and oxygen atoms in total. The summed E-state index contributed by atoms with van der Waals surface area (Å²) in [5.41, 5.74) is 1.49. The van der Waals surface area contributed by atoms with E-state index in [0.717, 1.165) is 5.56 Å². The van der Waals surface area contributed by atoms with E-state index in [1.54, 1.807) is 6.07 Å². The molecule has 0 saturated carbocycles. The second-order valence-electron chi connectivity index (χ2n) is 2.60. The summed E-state index contributed by atoms with van der Waals surface area (Å²) in [6.07, 6.45) is 0.635. The van der Waals surface area contributed by atoms with Gasteiger partial charge < -0.3 is 10.2 Å². The average Bonchev–Trinajstić information content (AvgIpc) is 1.96. The van der Waals surface area contributed by atoms with Gasteiger partial charge in [0.25, 0.3) is 0 Å². The van der Waals surface area contributed by atoms with Gasteiger partial charge in [-0.25, -0.2) is 0 Å². The molecule has 12 heavy (non-hydrogen) atoms. The molecule has 0 aliphatic carbocycles. The molecule has 0 radical (unpaired) electrons. The Morgan fingerprint density at radius 2 is 1.83 bits per heavy atom. The van der Waals surface area contributed by atoms with Crippen molar-refractivity contribution in [3.05, 3.63) is 23.3 Å². The predicted molar refractivity (Wildman–Crippen MR) is 39.4 cm³/mol. The molecule has 0 atom stereocenters. The van der Waals surface area contributed by atoms with Crippen LogP contribution in [-0.2, 0) is 22.9 Å². The molecule has 0 fully saturated rings. The van der Waals surface area contributed by atoms with Gasteiger partial charge in [0, 0.05) is 0 Å². The van der Waals surface area contributed by atoms with Crippen LogP contribution in [0.4, 0.5) is 0 Å². The molecular formula is C9H10NiO2. The van der Waals surface area contributed by atoms with Gasteiger partial charge in [-0.05, 0) is 13.3 Å². The molecule has 0 aliphatic heterocycles. The minimum absolute atomic E-state index is 0. The van der Waals surface area contributed by atoms with Crippen molar-refractivity contribution in [2.75, 3.05) is 0 Å². The van der Waals surface area contributed by atoms with Crippen LogP contribution >= 0.6 is 0 Å². The molecule has 0 saturated heterocycles. The van der Waals surface area contributed by atoms with Gasteiger partial charge in [0.15, 0.2) is 0 Å². The fourth-order valence-electron chi connectivity index (χ4n) is 1.08. The van der Waals surface area contributed by atoms with Crippen molar-refractivity contribution in [2.24, 2.45) is 0 Å². The molecule has 68 valence electrons. The van der Waals surface area contributed by atoms with Crippen molar-refractivity contribution in [3.63, 3.8) is 0 Å². The van der Waals surface area contributed by atoms with Crippen LogP contribution in [0.25, 0.3) is 0 Å². The van der Waals surface area contributed by atoms with Crippen molar-refractivity contribution in [1.29, 1.82) is 0 Å². The first-order valence-electron chi connectivity index (χ1n) is 3.62. The smallest absolute Gasteiger partial charge is 0.873 e. The fourth-order valence-corrected chi connectivity index (χ4v) is 1.08. The number of benzene rings is 1. The van der Waals surface area contributed by atoms with E-state index in [1.165, 1.54) is 6.07 Å². The molecule has 0 heterocycles. The van der Waals surface area contributed by atoms with E-state index in [4.69, 9.17) is 0 Å². The van der Waals surface area contributed by atoms with Crippen molar-refractivity contribution in [3.8, 4) is 11.5 Å². The van der Waals surface area contributed by atoms with Gasteiger partial charge in [-0.15, -0.1) is 11.5 Å². The molecule has 0 spiro atoms. The Hall–Kier alpha value is -0.686. The maximum Gasteiger partial charge on any atom is 2.00 e. The quantitative estimate of drug-likeness (QED) is 0.639. The normalized spacial score (nSPS) is 9.17. The number of aryl methyl sites for hydroxylation is 2. The number of rotatable bonds is 1. The van der Waals surface area contributed by atoms with Crippen molar-refractivity contribution in [2.45, 2.75) is 20.3 Å². The third kappa shape index (κ3) is 2.15. The van der Waals surface area contributed by atoms with Gasteiger partial charge in [-0.1, -0.05) is 30.2 Å². The van der Waals surface area contributed by atoms with Gasteiger partial charge in [0.1, 0.15) is 0 Å². The van der Waals surface area contributed by atoms with Crippen LogP contribution in [0.1, 0.15) is 18.1 Å². The first-order valence-corrected chi connectivity index (χ1v) is 3.62. The van der Waals surface area contributed by atoms with Crippen molar-refractivity contribution in [1.82, 2.24) is 0 Å². The van der Waals surface area contributed by atoms with Gasteiger partial charge in [0.05, 0.1) is 0 Å². The zero-order chi connectivity index (χ0) is 8.43. The third-order valence-corrected chi connectivity index (χ3v) is 1.66. The van der Waals surface area contributed by atoms with E-state index < -0.39 is 0 Å². The molecule has 0 amide bonds. The predicted octanol–water partition coefficient (Wildman–Crippen LogP) is 0.702. The van der Waals surface area contributed by atoms with E-state index in [9.17, 15) is 10.2 Å². The van der Waals surface area contributed by atoms with Crippen LogP contribution in [0.3, 0.4) is 0 Å². The second kappa shape index (κ2) is 4.37. The average molecular weight is 209 g/mol. The van der Waals surface area contributed by atoms with Gasteiger partial charge in [-0.3, -0.25) is 0 Å². The van der Waals surface area contributed by atoms with Crippen LogP contribution in [0.15, 0.2) is 12.1 Å². The van der Waals surface area contributed by atoms with Gasteiger partial charge >= 0.3 is 16.5 Å². The summed E-state index contributed by atoms with van der Waals surface area (Å²) in [6, 6.07) is 3.14. The number of hydrogen-bond donors (Lipinski definition) is 0. The topological polar surface area (TPSA) is 46.1 Å². The minimum Gasteiger partial charge on any atom is -0.873 e. The summed E-state index contributed by atoms with van der Waals surface area (Å²) in [7, 11) is 0. The SMILES string of the molecule is CCc1cc(C)cc([O-])c1[O-].[Ni+2]. The molecule has 0 unspecified atom stereocenters. The van der Waals surface area contributed by atoms with Crippen LogP contribution in [0.2, 0.25) is 0 Å². The molecule has 0 aromatic heterocycles. The summed E-state index contributed by atoms with van der Waals surface area (Å²) in [5.74, 6) is -0.736. The van der Waals surface area contributed by atoms with Crippen LogP contribution in [-0.4, -0.2) is 0 Å². The Kier molecular flexibility index (Phi) is 4.12. The van der Waals surface area contributed by atoms with Crippen LogP contribution in [0.5, 0.6) is 11.5 Å². The maximum atomic E-state index is 11.0. The maximum absolute atomic E-state index is 11.0. The molecule has 1 aromatic carbocycles. The number of hydrogen-bond acceptors (Lipinski definition) is 2. The van der Waals surface area contributed by atoms with Crippen LogP contribution < -0.4 is 10.2 Å². The Bertz CT molecular complexity index is 271. The zero-order valence-corrected chi connectivity index (χ0v) is 7.98. The molecule has 1 rings (SSSR count). The summed E-state index contributed by atoms with van der Waals surface area (Å²) in [6.45, 7) is 3.69. The Balaban J connectivity index is 0.00000121. The standard InChI is InChI=1S/C9H12O2.Ni/c1-3-7-4-6(2)5-8(10)9(7)11;/h4-5,10-11H,3H2,1-2H3;/q;+2/p-2. The van der Waals surface area contributed by atoms with E-state index in [1.807, 2.05) is 13.8 Å². The summed E-state index contributed by atoms with van der Waals surface area (Å²) in [4.78, 5) is 0. The molecule has 0 N–H and O–H groups in total. The first kappa shape index (κ1) is 11.3. The van der Waals surface area contributed by atoms with Crippen molar-refractivity contribution >= 4 is 0 Å². The Labute approximate surface area is 82.2 Å². The minimum atomic E-state index is -0.387. The van der Waals surface area contributed by atoms with Gasteiger partial charge in [0.2, 0.25) is 0 Å². The fraction of sp³-hybridized carbons (Fsp3) is 0.333. The molecule has 0 aliphatic rings. The zero-order valence-electron chi connectivity index (χ0n) is 6.99. The third-order valence-electron chi connectivity index (χ3n) is 1.66. The van der Waals surface area contributed by atoms with Crippen LogP contribution in [0, 0.1) is 6.92 Å².